The van der Waals surface area contributed by atoms with Crippen molar-refractivity contribution in [1.82, 2.24) is 9.88 Å². The molecule has 5 rings (SSSR count). The lowest BCUT2D eigenvalue weighted by Crippen LogP contribution is -2.37. The van der Waals surface area contributed by atoms with Crippen LogP contribution < -0.4 is 10.2 Å². The number of rotatable bonds is 3. The number of aromatic nitrogens is 1. The lowest BCUT2D eigenvalue weighted by Gasteiger charge is -2.33. The fraction of sp³-hybridized carbons (Fsp3) is 0.444. The van der Waals surface area contributed by atoms with Crippen LogP contribution in [0.25, 0.3) is 0 Å². The Labute approximate surface area is 158 Å². The molecule has 0 saturated carbocycles. The summed E-state index contributed by atoms with van der Waals surface area (Å²) in [6.07, 6.45) is 4.32. The summed E-state index contributed by atoms with van der Waals surface area (Å²) in [6, 6.07) is 7.14. The monoisotopic (exact) mass is 373 g/mol. The SMILES string of the molecule is CN=C(Nc1ccc(N2CCN3CCC2CC3)cc1S)c1nccs1. The molecule has 0 radical (unpaired) electrons. The molecule has 1 aromatic carbocycles. The van der Waals surface area contributed by atoms with Crippen LogP contribution in [-0.4, -0.2) is 55.0 Å². The molecule has 2 aromatic rings. The number of thiol groups is 1. The molecular formula is C18H23N5S2. The number of thiazole rings is 1. The van der Waals surface area contributed by atoms with Crippen molar-refractivity contribution < 1.29 is 0 Å². The van der Waals surface area contributed by atoms with E-state index >= 15 is 0 Å². The number of fused-ring (bicyclic) bond motifs is 4. The summed E-state index contributed by atoms with van der Waals surface area (Å²) in [6.45, 7) is 4.73. The zero-order valence-electron chi connectivity index (χ0n) is 14.4. The van der Waals surface area contributed by atoms with Crippen LogP contribution in [0.4, 0.5) is 11.4 Å². The van der Waals surface area contributed by atoms with Crippen LogP contribution in [-0.2, 0) is 0 Å². The third kappa shape index (κ3) is 3.54. The average Bonchev–Trinajstić information content (AvgIpc) is 3.00. The number of hydrogen-bond donors (Lipinski definition) is 2. The van der Waals surface area contributed by atoms with Gasteiger partial charge in [-0.2, -0.15) is 0 Å². The number of amidine groups is 1. The largest absolute Gasteiger partial charge is 0.367 e. The van der Waals surface area contributed by atoms with E-state index in [4.69, 9.17) is 12.6 Å². The third-order valence-electron chi connectivity index (χ3n) is 5.08. The second-order valence-electron chi connectivity index (χ2n) is 6.50. The van der Waals surface area contributed by atoms with E-state index in [1.54, 1.807) is 24.6 Å². The average molecular weight is 374 g/mol. The molecule has 4 heterocycles. The van der Waals surface area contributed by atoms with Gasteiger partial charge in [-0.25, -0.2) is 4.98 Å². The van der Waals surface area contributed by atoms with Crippen LogP contribution >= 0.6 is 24.0 Å². The maximum atomic E-state index is 4.72. The molecule has 1 aromatic heterocycles. The molecule has 0 spiro atoms. The number of anilines is 2. The number of aliphatic imine (C=N–C) groups is 1. The highest BCUT2D eigenvalue weighted by atomic mass is 32.1. The second-order valence-corrected chi connectivity index (χ2v) is 7.88. The molecule has 0 aliphatic carbocycles. The second kappa shape index (κ2) is 7.35. The van der Waals surface area contributed by atoms with Gasteiger partial charge in [0, 0.05) is 61.4 Å². The van der Waals surface area contributed by atoms with Crippen LogP contribution in [0, 0.1) is 0 Å². The van der Waals surface area contributed by atoms with E-state index in [1.807, 2.05) is 5.38 Å². The Morgan fingerprint density at radius 1 is 1.28 bits per heavy atom. The van der Waals surface area contributed by atoms with E-state index < -0.39 is 0 Å². The molecule has 0 unspecified atom stereocenters. The van der Waals surface area contributed by atoms with E-state index in [9.17, 15) is 0 Å². The minimum absolute atomic E-state index is 0.661. The summed E-state index contributed by atoms with van der Waals surface area (Å²) >= 11 is 6.30. The molecule has 3 aliphatic heterocycles. The van der Waals surface area contributed by atoms with Crippen LogP contribution in [0.15, 0.2) is 39.7 Å². The number of benzene rings is 1. The Morgan fingerprint density at radius 3 is 2.80 bits per heavy atom. The molecular weight excluding hydrogens is 350 g/mol. The van der Waals surface area contributed by atoms with E-state index in [2.05, 4.69) is 43.3 Å². The molecule has 132 valence electrons. The Hall–Kier alpha value is -1.57. The maximum Gasteiger partial charge on any atom is 0.162 e. The van der Waals surface area contributed by atoms with Crippen molar-refractivity contribution in [2.45, 2.75) is 23.8 Å². The van der Waals surface area contributed by atoms with Gasteiger partial charge in [-0.3, -0.25) is 4.99 Å². The van der Waals surface area contributed by atoms with E-state index in [0.29, 0.717) is 6.04 Å². The Morgan fingerprint density at radius 2 is 2.12 bits per heavy atom. The van der Waals surface area contributed by atoms with E-state index in [-0.39, 0.29) is 0 Å². The van der Waals surface area contributed by atoms with Crippen molar-refractivity contribution in [3.05, 3.63) is 34.8 Å². The van der Waals surface area contributed by atoms with Gasteiger partial charge in [0.25, 0.3) is 0 Å². The molecule has 0 amide bonds. The first kappa shape index (κ1) is 16.9. The summed E-state index contributed by atoms with van der Waals surface area (Å²) < 4.78 is 0. The molecule has 3 fully saturated rings. The zero-order chi connectivity index (χ0) is 17.2. The van der Waals surface area contributed by atoms with Crippen LogP contribution in [0.1, 0.15) is 17.8 Å². The summed E-state index contributed by atoms with van der Waals surface area (Å²) in [7, 11) is 1.78. The molecule has 3 aliphatic rings. The fourth-order valence-electron chi connectivity index (χ4n) is 3.70. The van der Waals surface area contributed by atoms with Gasteiger partial charge in [-0.1, -0.05) is 0 Å². The summed E-state index contributed by atoms with van der Waals surface area (Å²) in [5, 5.41) is 6.21. The summed E-state index contributed by atoms with van der Waals surface area (Å²) in [5.74, 6) is 0.777. The molecule has 1 N–H and O–H groups in total. The predicted molar refractivity (Wildman–Crippen MR) is 109 cm³/mol. The summed E-state index contributed by atoms with van der Waals surface area (Å²) in [5.41, 5.74) is 2.24. The molecule has 5 nitrogen and oxygen atoms in total. The lowest BCUT2D eigenvalue weighted by atomic mass is 10.0. The van der Waals surface area contributed by atoms with Crippen molar-refractivity contribution in [2.24, 2.45) is 4.99 Å². The smallest absolute Gasteiger partial charge is 0.162 e. The highest BCUT2D eigenvalue weighted by Gasteiger charge is 2.29. The van der Waals surface area contributed by atoms with E-state index in [1.165, 1.54) is 31.6 Å². The number of piperidine rings is 1. The number of hydrogen-bond acceptors (Lipinski definition) is 6. The Balaban J connectivity index is 1.54. The highest BCUT2D eigenvalue weighted by Crippen LogP contribution is 2.31. The van der Waals surface area contributed by atoms with Gasteiger partial charge in [0.2, 0.25) is 0 Å². The van der Waals surface area contributed by atoms with Crippen LogP contribution in [0.5, 0.6) is 0 Å². The number of nitrogens with zero attached hydrogens (tertiary/aromatic N) is 4. The van der Waals surface area contributed by atoms with Crippen molar-refractivity contribution in [1.29, 1.82) is 0 Å². The third-order valence-corrected chi connectivity index (χ3v) is 6.23. The van der Waals surface area contributed by atoms with Crippen molar-refractivity contribution in [3.8, 4) is 0 Å². The van der Waals surface area contributed by atoms with Crippen LogP contribution in [0.2, 0.25) is 0 Å². The van der Waals surface area contributed by atoms with Crippen LogP contribution in [0.3, 0.4) is 0 Å². The maximum absolute atomic E-state index is 4.72. The number of nitrogens with one attached hydrogen (secondary N) is 1. The first-order valence-corrected chi connectivity index (χ1v) is 10.0. The van der Waals surface area contributed by atoms with Gasteiger partial charge in [0.15, 0.2) is 10.8 Å². The molecule has 0 atom stereocenters. The Bertz CT molecular complexity index is 751. The lowest BCUT2D eigenvalue weighted by molar-refractivity contribution is 0.250. The van der Waals surface area contributed by atoms with Crippen molar-refractivity contribution in [2.75, 3.05) is 43.4 Å². The van der Waals surface area contributed by atoms with Gasteiger partial charge in [0.05, 0.1) is 5.69 Å². The van der Waals surface area contributed by atoms with Crippen molar-refractivity contribution in [3.63, 3.8) is 0 Å². The van der Waals surface area contributed by atoms with Gasteiger partial charge in [0.1, 0.15) is 0 Å². The minimum atomic E-state index is 0.661. The molecule has 2 bridgehead atoms. The highest BCUT2D eigenvalue weighted by molar-refractivity contribution is 7.80. The summed E-state index contributed by atoms with van der Waals surface area (Å²) in [4.78, 5) is 14.7. The normalized spacial score (nSPS) is 23.6. The topological polar surface area (TPSA) is 43.8 Å². The van der Waals surface area contributed by atoms with Crippen molar-refractivity contribution >= 4 is 41.2 Å². The Kier molecular flexibility index (Phi) is 4.96. The first-order valence-electron chi connectivity index (χ1n) is 8.70. The minimum Gasteiger partial charge on any atom is -0.367 e. The van der Waals surface area contributed by atoms with Gasteiger partial charge < -0.3 is 15.1 Å². The first-order chi connectivity index (χ1) is 12.2. The van der Waals surface area contributed by atoms with E-state index in [0.717, 1.165) is 34.5 Å². The zero-order valence-corrected chi connectivity index (χ0v) is 16.1. The molecule has 7 heteroatoms. The fourth-order valence-corrected chi connectivity index (χ4v) is 4.59. The quantitative estimate of drug-likeness (QED) is 0.493. The van der Waals surface area contributed by atoms with Gasteiger partial charge in [-0.05, 0) is 31.0 Å². The van der Waals surface area contributed by atoms with Gasteiger partial charge >= 0.3 is 0 Å². The molecule has 3 saturated heterocycles. The standard InChI is InChI=1S/C18H23N5S2/c1-19-17(18-20-6-11-25-18)21-15-3-2-14(12-16(15)24)23-10-9-22-7-4-13(23)5-8-22/h2-3,6,11-13,24H,4-5,7-10H2,1H3,(H,19,21). The molecule has 25 heavy (non-hydrogen) atoms. The van der Waals surface area contributed by atoms with Gasteiger partial charge in [-0.15, -0.1) is 24.0 Å². The predicted octanol–water partition coefficient (Wildman–Crippen LogP) is 3.20.